The lowest BCUT2D eigenvalue weighted by molar-refractivity contribution is -0.129. The van der Waals surface area contributed by atoms with Gasteiger partial charge in [-0.2, -0.15) is 0 Å². The van der Waals surface area contributed by atoms with Gasteiger partial charge in [0.05, 0.1) is 14.2 Å². The van der Waals surface area contributed by atoms with Crippen molar-refractivity contribution in [3.05, 3.63) is 29.3 Å². The molecular formula is C14H14N2O5. The second kappa shape index (κ2) is 5.66. The highest BCUT2D eigenvalue weighted by Gasteiger charge is 2.33. The Morgan fingerprint density at radius 3 is 2.48 bits per heavy atom. The van der Waals surface area contributed by atoms with Gasteiger partial charge in [0.2, 0.25) is 0 Å². The van der Waals surface area contributed by atoms with Gasteiger partial charge >= 0.3 is 6.03 Å². The first-order valence-electron chi connectivity index (χ1n) is 6.05. The summed E-state index contributed by atoms with van der Waals surface area (Å²) in [5.74, 6) is -0.388. The summed E-state index contributed by atoms with van der Waals surface area (Å²) in [6.07, 6.45) is 1.36. The summed E-state index contributed by atoms with van der Waals surface area (Å²) in [5.41, 5.74) is 0.349. The van der Waals surface area contributed by atoms with Crippen molar-refractivity contribution in [3.63, 3.8) is 0 Å². The quantitative estimate of drug-likeness (QED) is 0.657. The maximum Gasteiger partial charge on any atom is 0.331 e. The molecule has 1 aromatic carbocycles. The molecular weight excluding hydrogens is 276 g/mol. The fourth-order valence-electron chi connectivity index (χ4n) is 1.85. The van der Waals surface area contributed by atoms with Crippen molar-refractivity contribution in [2.75, 3.05) is 21.3 Å². The fraction of sp³-hybridized carbons (Fsp3) is 0.214. The van der Waals surface area contributed by atoms with Gasteiger partial charge in [-0.3, -0.25) is 19.8 Å². The van der Waals surface area contributed by atoms with Gasteiger partial charge in [0.25, 0.3) is 11.8 Å². The molecule has 0 aliphatic carbocycles. The van der Waals surface area contributed by atoms with E-state index in [-0.39, 0.29) is 5.57 Å². The van der Waals surface area contributed by atoms with Crippen LogP contribution in [0.1, 0.15) is 5.56 Å². The zero-order valence-corrected chi connectivity index (χ0v) is 11.8. The molecule has 1 fully saturated rings. The molecule has 0 aromatic heterocycles. The largest absolute Gasteiger partial charge is 0.497 e. The summed E-state index contributed by atoms with van der Waals surface area (Å²) >= 11 is 0. The SMILES string of the molecule is COc1ccc(OC)c(C=C2C(=O)NC(=O)N(C)C2=O)c1. The minimum atomic E-state index is -0.750. The second-order valence-electron chi connectivity index (χ2n) is 4.29. The zero-order chi connectivity index (χ0) is 15.6. The van der Waals surface area contributed by atoms with E-state index < -0.39 is 17.8 Å². The third-order valence-corrected chi connectivity index (χ3v) is 3.04. The van der Waals surface area contributed by atoms with Gasteiger partial charge in [0.15, 0.2) is 0 Å². The summed E-state index contributed by atoms with van der Waals surface area (Å²) in [7, 11) is 4.27. The minimum Gasteiger partial charge on any atom is -0.497 e. The van der Waals surface area contributed by atoms with Gasteiger partial charge in [-0.25, -0.2) is 4.79 Å². The number of hydrogen-bond acceptors (Lipinski definition) is 5. The summed E-state index contributed by atoms with van der Waals surface area (Å²) in [4.78, 5) is 36.0. The highest BCUT2D eigenvalue weighted by atomic mass is 16.5. The lowest BCUT2D eigenvalue weighted by atomic mass is 10.1. The average Bonchev–Trinajstić information content (AvgIpc) is 2.49. The number of likely N-dealkylation sites (N-methyl/N-ethyl adjacent to an activating group) is 1. The first-order valence-corrected chi connectivity index (χ1v) is 6.05. The van der Waals surface area contributed by atoms with Crippen LogP contribution in [0.5, 0.6) is 11.5 Å². The van der Waals surface area contributed by atoms with Gasteiger partial charge < -0.3 is 9.47 Å². The van der Waals surface area contributed by atoms with E-state index in [1.807, 2.05) is 0 Å². The van der Waals surface area contributed by atoms with Crippen molar-refractivity contribution < 1.29 is 23.9 Å². The molecule has 0 saturated carbocycles. The first kappa shape index (κ1) is 14.6. The molecule has 1 heterocycles. The normalized spacial score (nSPS) is 17.0. The smallest absolute Gasteiger partial charge is 0.331 e. The number of hydrogen-bond donors (Lipinski definition) is 1. The predicted molar refractivity (Wildman–Crippen MR) is 73.8 cm³/mol. The topological polar surface area (TPSA) is 84.9 Å². The maximum atomic E-state index is 12.0. The Bertz CT molecular complexity index is 651. The maximum absolute atomic E-state index is 12.0. The number of imide groups is 2. The van der Waals surface area contributed by atoms with Crippen LogP contribution in [0, 0.1) is 0 Å². The molecule has 0 unspecified atom stereocenters. The number of methoxy groups -OCH3 is 2. The van der Waals surface area contributed by atoms with Gasteiger partial charge in [-0.15, -0.1) is 0 Å². The van der Waals surface area contributed by atoms with Crippen LogP contribution in [-0.4, -0.2) is 44.0 Å². The summed E-state index contributed by atoms with van der Waals surface area (Å²) in [5, 5.41) is 2.08. The van der Waals surface area contributed by atoms with E-state index in [4.69, 9.17) is 9.47 Å². The van der Waals surface area contributed by atoms with Crippen LogP contribution >= 0.6 is 0 Å². The number of nitrogens with one attached hydrogen (secondary N) is 1. The number of rotatable bonds is 3. The Morgan fingerprint density at radius 2 is 1.86 bits per heavy atom. The molecule has 7 heteroatoms. The molecule has 1 aromatic rings. The van der Waals surface area contributed by atoms with Crippen LogP contribution in [0.3, 0.4) is 0 Å². The van der Waals surface area contributed by atoms with Crippen molar-refractivity contribution in [3.8, 4) is 11.5 Å². The Hall–Kier alpha value is -2.83. The monoisotopic (exact) mass is 290 g/mol. The van der Waals surface area contributed by atoms with Crippen LogP contribution in [0.25, 0.3) is 6.08 Å². The molecule has 21 heavy (non-hydrogen) atoms. The van der Waals surface area contributed by atoms with Crippen LogP contribution in [0.4, 0.5) is 4.79 Å². The van der Waals surface area contributed by atoms with E-state index >= 15 is 0 Å². The highest BCUT2D eigenvalue weighted by Crippen LogP contribution is 2.27. The molecule has 0 bridgehead atoms. The van der Waals surface area contributed by atoms with E-state index in [9.17, 15) is 14.4 Å². The molecule has 2 rings (SSSR count). The van der Waals surface area contributed by atoms with Crippen LogP contribution < -0.4 is 14.8 Å². The Labute approximate surface area is 121 Å². The molecule has 4 amide bonds. The number of benzene rings is 1. The summed E-state index contributed by atoms with van der Waals surface area (Å²) in [6, 6.07) is 4.23. The number of nitrogens with zero attached hydrogens (tertiary/aromatic N) is 1. The number of ether oxygens (including phenoxy) is 2. The van der Waals surface area contributed by atoms with Crippen molar-refractivity contribution in [2.24, 2.45) is 0 Å². The van der Waals surface area contributed by atoms with Crippen LogP contribution in [-0.2, 0) is 9.59 Å². The molecule has 0 radical (unpaired) electrons. The summed E-state index contributed by atoms with van der Waals surface area (Å²) < 4.78 is 10.3. The van der Waals surface area contributed by atoms with E-state index in [1.165, 1.54) is 27.3 Å². The van der Waals surface area contributed by atoms with Crippen molar-refractivity contribution in [1.82, 2.24) is 10.2 Å². The fourth-order valence-corrected chi connectivity index (χ4v) is 1.85. The molecule has 1 aliphatic rings. The Kier molecular flexibility index (Phi) is 3.93. The number of urea groups is 1. The number of amides is 4. The molecule has 1 saturated heterocycles. The summed E-state index contributed by atoms with van der Waals surface area (Å²) in [6.45, 7) is 0. The highest BCUT2D eigenvalue weighted by molar-refractivity contribution is 6.30. The minimum absolute atomic E-state index is 0.149. The molecule has 1 N–H and O–H groups in total. The number of carbonyl (C=O) groups is 3. The van der Waals surface area contributed by atoms with Crippen molar-refractivity contribution >= 4 is 23.9 Å². The number of carbonyl (C=O) groups excluding carboxylic acids is 3. The van der Waals surface area contributed by atoms with Gasteiger partial charge in [0.1, 0.15) is 17.1 Å². The average molecular weight is 290 g/mol. The third kappa shape index (κ3) is 2.71. The van der Waals surface area contributed by atoms with Crippen LogP contribution in [0.2, 0.25) is 0 Å². The van der Waals surface area contributed by atoms with Gasteiger partial charge in [-0.05, 0) is 24.3 Å². The lowest BCUT2D eigenvalue weighted by Crippen LogP contribution is -2.52. The predicted octanol–water partition coefficient (Wildman–Crippen LogP) is 0.795. The van der Waals surface area contributed by atoms with Gasteiger partial charge in [-0.1, -0.05) is 0 Å². The Morgan fingerprint density at radius 1 is 1.14 bits per heavy atom. The van der Waals surface area contributed by atoms with Crippen LogP contribution in [0.15, 0.2) is 23.8 Å². The lowest BCUT2D eigenvalue weighted by Gasteiger charge is -2.22. The molecule has 110 valence electrons. The molecule has 0 spiro atoms. The van der Waals surface area contributed by atoms with E-state index in [0.29, 0.717) is 17.1 Å². The van der Waals surface area contributed by atoms with Gasteiger partial charge in [0, 0.05) is 12.6 Å². The number of barbiturate groups is 1. The first-order chi connectivity index (χ1) is 9.97. The van der Waals surface area contributed by atoms with E-state index in [2.05, 4.69) is 5.32 Å². The van der Waals surface area contributed by atoms with Crippen molar-refractivity contribution in [2.45, 2.75) is 0 Å². The van der Waals surface area contributed by atoms with E-state index in [1.54, 1.807) is 18.2 Å². The third-order valence-electron chi connectivity index (χ3n) is 3.04. The van der Waals surface area contributed by atoms with Crippen molar-refractivity contribution in [1.29, 1.82) is 0 Å². The molecule has 0 atom stereocenters. The standard InChI is InChI=1S/C14H14N2O5/c1-16-13(18)10(12(17)15-14(16)19)7-8-6-9(20-2)4-5-11(8)21-3/h4-7H,1-3H3,(H,15,17,19). The molecule has 7 nitrogen and oxygen atoms in total. The zero-order valence-electron chi connectivity index (χ0n) is 11.8. The molecule has 1 aliphatic heterocycles. The Balaban J connectivity index is 2.49. The van der Waals surface area contributed by atoms with E-state index in [0.717, 1.165) is 4.90 Å². The second-order valence-corrected chi connectivity index (χ2v) is 4.29.